The molecule has 1 rings (SSSR count). The Balaban J connectivity index is 2.71. The van der Waals surface area contributed by atoms with Crippen molar-refractivity contribution in [3.05, 3.63) is 35.4 Å². The third-order valence-electron chi connectivity index (χ3n) is 2.12. The second-order valence-electron chi connectivity index (χ2n) is 3.45. The van der Waals surface area contributed by atoms with Crippen LogP contribution in [0.15, 0.2) is 24.3 Å². The first kappa shape index (κ1) is 12.2. The molecule has 3 N–H and O–H groups in total. The van der Waals surface area contributed by atoms with Crippen LogP contribution in [0.3, 0.4) is 0 Å². The number of hydrogen-bond acceptors (Lipinski definition) is 2. The number of benzene rings is 1. The largest absolute Gasteiger partial charge is 0.368 e. The topological polar surface area (TPSA) is 72.2 Å². The predicted octanol–water partition coefficient (Wildman–Crippen LogP) is 0.548. The Hall–Kier alpha value is -1.91. The van der Waals surface area contributed by atoms with Gasteiger partial charge in [-0.3, -0.25) is 9.59 Å². The molecule has 0 fully saturated rings. The van der Waals surface area contributed by atoms with E-state index < -0.39 is 24.5 Å². The maximum atomic E-state index is 12.3. The molecule has 16 heavy (non-hydrogen) atoms. The van der Waals surface area contributed by atoms with Crippen molar-refractivity contribution in [2.75, 3.05) is 6.67 Å². The molecule has 0 aliphatic carbocycles. The standard InChI is InChI=1S/C11H13FN2O2/c1-7-2-4-8(5-3-7)11(16)14-9(6-12)10(13)15/h2-5,9H,6H2,1H3,(H2,13,15)(H,14,16). The maximum absolute atomic E-state index is 12.3. The Bertz CT molecular complexity index is 389. The van der Waals surface area contributed by atoms with Gasteiger partial charge < -0.3 is 11.1 Å². The summed E-state index contributed by atoms with van der Waals surface area (Å²) in [6.45, 7) is 0.877. The number of amides is 2. The number of aryl methyl sites for hydroxylation is 1. The summed E-state index contributed by atoms with van der Waals surface area (Å²) in [5.41, 5.74) is 6.28. The van der Waals surface area contributed by atoms with Crippen LogP contribution in [-0.2, 0) is 4.79 Å². The van der Waals surface area contributed by atoms with E-state index in [0.717, 1.165) is 5.56 Å². The molecule has 1 atom stereocenters. The van der Waals surface area contributed by atoms with Crippen LogP contribution in [0.2, 0.25) is 0 Å². The van der Waals surface area contributed by atoms with Crippen molar-refractivity contribution in [2.24, 2.45) is 5.73 Å². The van der Waals surface area contributed by atoms with E-state index in [-0.39, 0.29) is 0 Å². The van der Waals surface area contributed by atoms with Gasteiger partial charge in [-0.15, -0.1) is 0 Å². The maximum Gasteiger partial charge on any atom is 0.252 e. The van der Waals surface area contributed by atoms with E-state index in [4.69, 9.17) is 5.73 Å². The SMILES string of the molecule is Cc1ccc(C(=O)NC(CF)C(N)=O)cc1. The zero-order valence-corrected chi connectivity index (χ0v) is 8.87. The molecule has 1 unspecified atom stereocenters. The van der Waals surface area contributed by atoms with E-state index in [0.29, 0.717) is 5.56 Å². The summed E-state index contributed by atoms with van der Waals surface area (Å²) in [7, 11) is 0. The zero-order chi connectivity index (χ0) is 12.1. The van der Waals surface area contributed by atoms with E-state index >= 15 is 0 Å². The number of carbonyl (C=O) groups excluding carboxylic acids is 2. The summed E-state index contributed by atoms with van der Waals surface area (Å²) < 4.78 is 12.3. The van der Waals surface area contributed by atoms with Gasteiger partial charge in [0.15, 0.2) is 0 Å². The molecule has 0 aliphatic heterocycles. The Morgan fingerprint density at radius 2 is 1.94 bits per heavy atom. The molecular formula is C11H13FN2O2. The van der Waals surface area contributed by atoms with Crippen LogP contribution in [0.25, 0.3) is 0 Å². The molecule has 86 valence electrons. The molecule has 2 amide bonds. The fourth-order valence-electron chi connectivity index (χ4n) is 1.13. The first-order valence-corrected chi connectivity index (χ1v) is 4.77. The highest BCUT2D eigenvalue weighted by Gasteiger charge is 2.18. The van der Waals surface area contributed by atoms with Crippen molar-refractivity contribution < 1.29 is 14.0 Å². The zero-order valence-electron chi connectivity index (χ0n) is 8.87. The van der Waals surface area contributed by atoms with Gasteiger partial charge in [-0.2, -0.15) is 0 Å². The van der Waals surface area contributed by atoms with E-state index in [1.165, 1.54) is 0 Å². The smallest absolute Gasteiger partial charge is 0.252 e. The number of carbonyl (C=O) groups is 2. The molecule has 0 aromatic heterocycles. The monoisotopic (exact) mass is 224 g/mol. The Labute approximate surface area is 92.6 Å². The van der Waals surface area contributed by atoms with Crippen LogP contribution in [0.5, 0.6) is 0 Å². The lowest BCUT2D eigenvalue weighted by Crippen LogP contribution is -2.45. The quantitative estimate of drug-likeness (QED) is 0.783. The lowest BCUT2D eigenvalue weighted by molar-refractivity contribution is -0.120. The Morgan fingerprint density at radius 3 is 2.38 bits per heavy atom. The number of nitrogens with one attached hydrogen (secondary N) is 1. The van der Waals surface area contributed by atoms with Crippen molar-refractivity contribution in [1.29, 1.82) is 0 Å². The van der Waals surface area contributed by atoms with Crippen molar-refractivity contribution in [3.8, 4) is 0 Å². The van der Waals surface area contributed by atoms with E-state index in [1.807, 2.05) is 6.92 Å². The molecule has 0 aliphatic rings. The van der Waals surface area contributed by atoms with Gasteiger partial charge in [-0.25, -0.2) is 4.39 Å². The van der Waals surface area contributed by atoms with Gasteiger partial charge in [0, 0.05) is 5.56 Å². The third-order valence-corrected chi connectivity index (χ3v) is 2.12. The number of rotatable bonds is 4. The fraction of sp³-hybridized carbons (Fsp3) is 0.273. The summed E-state index contributed by atoms with van der Waals surface area (Å²) >= 11 is 0. The molecule has 4 nitrogen and oxygen atoms in total. The average molecular weight is 224 g/mol. The minimum Gasteiger partial charge on any atom is -0.368 e. The van der Waals surface area contributed by atoms with Gasteiger partial charge in [-0.1, -0.05) is 17.7 Å². The third kappa shape index (κ3) is 3.05. The molecule has 0 bridgehead atoms. The summed E-state index contributed by atoms with van der Waals surface area (Å²) in [4.78, 5) is 22.3. The minimum absolute atomic E-state index is 0.366. The lowest BCUT2D eigenvalue weighted by atomic mass is 10.1. The Morgan fingerprint density at radius 1 is 1.38 bits per heavy atom. The Kier molecular flexibility index (Phi) is 3.99. The first-order chi connectivity index (χ1) is 7.54. The molecule has 0 saturated heterocycles. The summed E-state index contributed by atoms with van der Waals surface area (Å²) in [6.07, 6.45) is 0. The van der Waals surface area contributed by atoms with Crippen LogP contribution in [0.4, 0.5) is 4.39 Å². The summed E-state index contributed by atoms with van der Waals surface area (Å²) in [5.74, 6) is -1.40. The van der Waals surface area contributed by atoms with Gasteiger partial charge in [0.05, 0.1) is 0 Å². The van der Waals surface area contributed by atoms with Crippen molar-refractivity contribution in [3.63, 3.8) is 0 Å². The number of primary amides is 1. The minimum atomic E-state index is -1.27. The molecule has 0 radical (unpaired) electrons. The van der Waals surface area contributed by atoms with Crippen molar-refractivity contribution in [2.45, 2.75) is 13.0 Å². The number of alkyl halides is 1. The highest BCUT2D eigenvalue weighted by Crippen LogP contribution is 2.03. The molecule has 0 heterocycles. The number of halogens is 1. The molecule has 0 saturated carbocycles. The van der Waals surface area contributed by atoms with Crippen LogP contribution in [-0.4, -0.2) is 24.5 Å². The second-order valence-corrected chi connectivity index (χ2v) is 3.45. The van der Waals surface area contributed by atoms with Gasteiger partial charge in [0.25, 0.3) is 5.91 Å². The van der Waals surface area contributed by atoms with Crippen molar-refractivity contribution >= 4 is 11.8 Å². The molecule has 0 spiro atoms. The molecule has 1 aromatic carbocycles. The molecular weight excluding hydrogens is 211 g/mol. The number of hydrogen-bond donors (Lipinski definition) is 2. The van der Waals surface area contributed by atoms with Gasteiger partial charge >= 0.3 is 0 Å². The predicted molar refractivity (Wildman–Crippen MR) is 57.6 cm³/mol. The normalized spacial score (nSPS) is 11.9. The summed E-state index contributed by atoms with van der Waals surface area (Å²) in [6, 6.07) is 5.43. The van der Waals surface area contributed by atoms with E-state index in [1.54, 1.807) is 24.3 Å². The molecule has 1 aromatic rings. The van der Waals surface area contributed by atoms with Gasteiger partial charge in [-0.05, 0) is 19.1 Å². The average Bonchev–Trinajstić information content (AvgIpc) is 2.26. The summed E-state index contributed by atoms with van der Waals surface area (Å²) in [5, 5.41) is 2.21. The van der Waals surface area contributed by atoms with Crippen LogP contribution in [0, 0.1) is 6.92 Å². The fourth-order valence-corrected chi connectivity index (χ4v) is 1.13. The van der Waals surface area contributed by atoms with Gasteiger partial charge in [0.1, 0.15) is 12.7 Å². The van der Waals surface area contributed by atoms with E-state index in [9.17, 15) is 14.0 Å². The first-order valence-electron chi connectivity index (χ1n) is 4.77. The highest BCUT2D eigenvalue weighted by molar-refractivity contribution is 5.97. The van der Waals surface area contributed by atoms with Crippen LogP contribution < -0.4 is 11.1 Å². The van der Waals surface area contributed by atoms with Crippen LogP contribution in [0.1, 0.15) is 15.9 Å². The van der Waals surface area contributed by atoms with Crippen molar-refractivity contribution in [1.82, 2.24) is 5.32 Å². The molecule has 5 heteroatoms. The van der Waals surface area contributed by atoms with E-state index in [2.05, 4.69) is 5.32 Å². The van der Waals surface area contributed by atoms with Gasteiger partial charge in [0.2, 0.25) is 5.91 Å². The second kappa shape index (κ2) is 5.25. The number of nitrogens with two attached hydrogens (primary N) is 1. The lowest BCUT2D eigenvalue weighted by Gasteiger charge is -2.11. The highest BCUT2D eigenvalue weighted by atomic mass is 19.1. The van der Waals surface area contributed by atoms with Crippen LogP contribution >= 0.6 is 0 Å².